The van der Waals surface area contributed by atoms with Crippen molar-refractivity contribution in [3.8, 4) is 11.3 Å². The summed E-state index contributed by atoms with van der Waals surface area (Å²) < 4.78 is 0. The molecule has 0 saturated carbocycles. The maximum absolute atomic E-state index is 13.3. The molecule has 3 aromatic carbocycles. The summed E-state index contributed by atoms with van der Waals surface area (Å²) in [6.45, 7) is 4.94. The summed E-state index contributed by atoms with van der Waals surface area (Å²) in [6.07, 6.45) is 0.803. The van der Waals surface area contributed by atoms with Crippen LogP contribution in [0.2, 0.25) is 0 Å². The lowest BCUT2D eigenvalue weighted by Gasteiger charge is -2.37. The van der Waals surface area contributed by atoms with Crippen LogP contribution in [0.25, 0.3) is 22.3 Å². The molecule has 1 aliphatic rings. The van der Waals surface area contributed by atoms with Crippen molar-refractivity contribution in [2.45, 2.75) is 19.3 Å². The van der Waals surface area contributed by atoms with E-state index in [0.717, 1.165) is 53.2 Å². The number of aromatic nitrogens is 2. The zero-order valence-electron chi connectivity index (χ0n) is 18.9. The molecule has 1 aromatic heterocycles. The first-order valence-corrected chi connectivity index (χ1v) is 11.7. The molecule has 0 aliphatic carbocycles. The average molecular weight is 437 g/mol. The fourth-order valence-electron chi connectivity index (χ4n) is 4.60. The molecule has 5 nitrogen and oxygen atoms in total. The van der Waals surface area contributed by atoms with Gasteiger partial charge in [-0.1, -0.05) is 79.7 Å². The first kappa shape index (κ1) is 21.1. The van der Waals surface area contributed by atoms with Crippen molar-refractivity contribution in [3.05, 3.63) is 90.5 Å². The number of hydrogen-bond acceptors (Lipinski definition) is 4. The van der Waals surface area contributed by atoms with Crippen LogP contribution in [0.4, 0.5) is 5.82 Å². The molecule has 1 unspecified atom stereocenters. The van der Waals surface area contributed by atoms with Gasteiger partial charge in [-0.05, 0) is 24.1 Å². The Hall–Kier alpha value is -3.73. The van der Waals surface area contributed by atoms with Gasteiger partial charge in [0, 0.05) is 31.7 Å². The number of hydrogen-bond donors (Lipinski definition) is 0. The van der Waals surface area contributed by atoms with Gasteiger partial charge >= 0.3 is 0 Å². The van der Waals surface area contributed by atoms with Crippen molar-refractivity contribution in [2.75, 3.05) is 31.1 Å². The highest BCUT2D eigenvalue weighted by Gasteiger charge is 2.29. The third kappa shape index (κ3) is 4.31. The van der Waals surface area contributed by atoms with Gasteiger partial charge in [0.15, 0.2) is 5.82 Å². The summed E-state index contributed by atoms with van der Waals surface area (Å²) in [4.78, 5) is 27.6. The normalized spacial score (nSPS) is 14.9. The topological polar surface area (TPSA) is 49.3 Å². The van der Waals surface area contributed by atoms with E-state index in [2.05, 4.69) is 36.1 Å². The quantitative estimate of drug-likeness (QED) is 0.435. The highest BCUT2D eigenvalue weighted by Crippen LogP contribution is 2.31. The standard InChI is InChI=1S/C28H28N4O/c1-2-23(21-11-5-3-6-12-21)28(33)32-19-17-31(18-20-32)27-26(22-13-7-4-8-14-22)29-24-15-9-10-16-25(24)30-27/h3-16,23H,2,17-20H2,1H3. The number of rotatable bonds is 5. The van der Waals surface area contributed by atoms with Gasteiger partial charge in [0.05, 0.1) is 17.0 Å². The predicted molar refractivity (Wildman–Crippen MR) is 133 cm³/mol. The number of anilines is 1. The maximum atomic E-state index is 13.3. The van der Waals surface area contributed by atoms with Gasteiger partial charge in [0.2, 0.25) is 5.91 Å². The molecule has 0 spiro atoms. The van der Waals surface area contributed by atoms with Crippen molar-refractivity contribution in [2.24, 2.45) is 0 Å². The van der Waals surface area contributed by atoms with E-state index >= 15 is 0 Å². The van der Waals surface area contributed by atoms with Gasteiger partial charge in [0.1, 0.15) is 5.69 Å². The average Bonchev–Trinajstić information content (AvgIpc) is 2.89. The zero-order chi connectivity index (χ0) is 22.6. The minimum atomic E-state index is -0.0851. The van der Waals surface area contributed by atoms with Gasteiger partial charge in [0.25, 0.3) is 0 Å². The van der Waals surface area contributed by atoms with E-state index in [1.54, 1.807) is 0 Å². The van der Waals surface area contributed by atoms with Crippen LogP contribution in [0.3, 0.4) is 0 Å². The molecule has 1 aliphatic heterocycles. The molecule has 1 amide bonds. The van der Waals surface area contributed by atoms with Crippen molar-refractivity contribution < 1.29 is 4.79 Å². The van der Waals surface area contributed by atoms with E-state index in [0.29, 0.717) is 13.1 Å². The van der Waals surface area contributed by atoms with Gasteiger partial charge in [-0.3, -0.25) is 4.79 Å². The van der Waals surface area contributed by atoms with Crippen molar-refractivity contribution in [1.82, 2.24) is 14.9 Å². The molecule has 0 bridgehead atoms. The Morgan fingerprint density at radius 3 is 2.00 bits per heavy atom. The van der Waals surface area contributed by atoms with E-state index in [1.165, 1.54) is 0 Å². The molecule has 0 N–H and O–H groups in total. The second-order valence-electron chi connectivity index (χ2n) is 8.43. The number of amides is 1. The van der Waals surface area contributed by atoms with Gasteiger partial charge < -0.3 is 9.80 Å². The Kier molecular flexibility index (Phi) is 6.03. The lowest BCUT2D eigenvalue weighted by Crippen LogP contribution is -2.50. The Bertz CT molecular complexity index is 1230. The van der Waals surface area contributed by atoms with Crippen LogP contribution in [0.5, 0.6) is 0 Å². The molecule has 33 heavy (non-hydrogen) atoms. The second kappa shape index (κ2) is 9.41. The number of nitrogens with zero attached hydrogens (tertiary/aromatic N) is 4. The Morgan fingerprint density at radius 2 is 1.36 bits per heavy atom. The van der Waals surface area contributed by atoms with Crippen LogP contribution >= 0.6 is 0 Å². The molecular weight excluding hydrogens is 408 g/mol. The van der Waals surface area contributed by atoms with Crippen molar-refractivity contribution in [3.63, 3.8) is 0 Å². The van der Waals surface area contributed by atoms with Crippen LogP contribution in [0, 0.1) is 0 Å². The van der Waals surface area contributed by atoms with Crippen LogP contribution < -0.4 is 4.90 Å². The molecule has 5 heteroatoms. The van der Waals surface area contributed by atoms with E-state index in [4.69, 9.17) is 9.97 Å². The van der Waals surface area contributed by atoms with Crippen LogP contribution in [-0.2, 0) is 4.79 Å². The predicted octanol–water partition coefficient (Wildman–Crippen LogP) is 5.14. The smallest absolute Gasteiger partial charge is 0.230 e. The van der Waals surface area contributed by atoms with Crippen molar-refractivity contribution >= 4 is 22.8 Å². The lowest BCUT2D eigenvalue weighted by molar-refractivity contribution is -0.133. The number of fused-ring (bicyclic) bond motifs is 1. The molecular formula is C28H28N4O. The lowest BCUT2D eigenvalue weighted by atomic mass is 9.95. The number of piperazine rings is 1. The van der Waals surface area contributed by atoms with Gasteiger partial charge in [-0.15, -0.1) is 0 Å². The minimum absolute atomic E-state index is 0.0851. The first-order valence-electron chi connectivity index (χ1n) is 11.7. The highest BCUT2D eigenvalue weighted by molar-refractivity contribution is 5.85. The summed E-state index contributed by atoms with van der Waals surface area (Å²) in [7, 11) is 0. The summed E-state index contributed by atoms with van der Waals surface area (Å²) in [6, 6.07) is 28.3. The van der Waals surface area contributed by atoms with Crippen LogP contribution in [0.15, 0.2) is 84.9 Å². The molecule has 5 rings (SSSR count). The molecule has 4 aromatic rings. The fraction of sp³-hybridized carbons (Fsp3) is 0.250. The number of carbonyl (C=O) groups is 1. The highest BCUT2D eigenvalue weighted by atomic mass is 16.2. The summed E-state index contributed by atoms with van der Waals surface area (Å²) in [5.74, 6) is 1.02. The van der Waals surface area contributed by atoms with E-state index < -0.39 is 0 Å². The Labute approximate surface area is 194 Å². The monoisotopic (exact) mass is 436 g/mol. The van der Waals surface area contributed by atoms with E-state index in [-0.39, 0.29) is 11.8 Å². The summed E-state index contributed by atoms with van der Waals surface area (Å²) in [5, 5.41) is 0. The molecule has 1 atom stereocenters. The van der Waals surface area contributed by atoms with E-state index in [9.17, 15) is 4.79 Å². The summed E-state index contributed by atoms with van der Waals surface area (Å²) in [5.41, 5.74) is 4.83. The molecule has 1 fully saturated rings. The number of para-hydroxylation sites is 2. The maximum Gasteiger partial charge on any atom is 0.230 e. The number of benzene rings is 3. The Morgan fingerprint density at radius 1 is 0.788 bits per heavy atom. The third-order valence-corrected chi connectivity index (χ3v) is 6.40. The first-order chi connectivity index (χ1) is 16.2. The van der Waals surface area contributed by atoms with Gasteiger partial charge in [-0.25, -0.2) is 9.97 Å². The fourth-order valence-corrected chi connectivity index (χ4v) is 4.60. The zero-order valence-corrected chi connectivity index (χ0v) is 18.9. The van der Waals surface area contributed by atoms with Crippen LogP contribution in [0.1, 0.15) is 24.8 Å². The van der Waals surface area contributed by atoms with Crippen molar-refractivity contribution in [1.29, 1.82) is 0 Å². The largest absolute Gasteiger partial charge is 0.351 e. The van der Waals surface area contributed by atoms with Crippen LogP contribution in [-0.4, -0.2) is 47.0 Å². The summed E-state index contributed by atoms with van der Waals surface area (Å²) >= 11 is 0. The third-order valence-electron chi connectivity index (χ3n) is 6.40. The molecule has 166 valence electrons. The molecule has 1 saturated heterocycles. The Balaban J connectivity index is 1.40. The molecule has 2 heterocycles. The second-order valence-corrected chi connectivity index (χ2v) is 8.43. The SMILES string of the molecule is CCC(C(=O)N1CCN(c2nc3ccccc3nc2-c2ccccc2)CC1)c1ccccc1. The van der Waals surface area contributed by atoms with Gasteiger partial charge in [-0.2, -0.15) is 0 Å². The molecule has 0 radical (unpaired) electrons. The number of carbonyl (C=O) groups excluding carboxylic acids is 1. The van der Waals surface area contributed by atoms with E-state index in [1.807, 2.05) is 65.6 Å². The minimum Gasteiger partial charge on any atom is -0.351 e.